The van der Waals surface area contributed by atoms with E-state index in [0.717, 1.165) is 35.8 Å². The quantitative estimate of drug-likeness (QED) is 0.940. The van der Waals surface area contributed by atoms with Crippen LogP contribution >= 0.6 is 0 Å². The molecule has 4 heteroatoms. The molecule has 4 rings (SSSR count). The number of likely N-dealkylation sites (tertiary alicyclic amines) is 1. The Bertz CT molecular complexity index is 658. The predicted molar refractivity (Wildman–Crippen MR) is 80.8 cm³/mol. The Kier molecular flexibility index (Phi) is 2.67. The minimum Gasteiger partial charge on any atom is -0.338 e. The fourth-order valence-corrected chi connectivity index (χ4v) is 3.69. The summed E-state index contributed by atoms with van der Waals surface area (Å²) in [7, 11) is 0. The van der Waals surface area contributed by atoms with Crippen LogP contribution in [0.2, 0.25) is 0 Å². The van der Waals surface area contributed by atoms with E-state index in [9.17, 15) is 4.79 Å². The van der Waals surface area contributed by atoms with E-state index in [1.54, 1.807) is 6.20 Å². The third kappa shape index (κ3) is 1.97. The first-order chi connectivity index (χ1) is 10.2. The largest absolute Gasteiger partial charge is 0.338 e. The molecule has 0 radical (unpaired) electrons. The molecule has 2 atom stereocenters. The molecule has 21 heavy (non-hydrogen) atoms. The van der Waals surface area contributed by atoms with Gasteiger partial charge in [0.15, 0.2) is 0 Å². The molecule has 1 aliphatic carbocycles. The third-order valence-corrected chi connectivity index (χ3v) is 5.24. The molecule has 1 aromatic carbocycles. The van der Waals surface area contributed by atoms with Gasteiger partial charge in [0, 0.05) is 24.8 Å². The highest BCUT2D eigenvalue weighted by Crippen LogP contribution is 2.59. The van der Waals surface area contributed by atoms with Crippen molar-refractivity contribution in [3.63, 3.8) is 0 Å². The summed E-state index contributed by atoms with van der Waals surface area (Å²) < 4.78 is 0. The Hall–Kier alpha value is -2.10. The molecule has 2 aliphatic rings. The molecule has 108 valence electrons. The van der Waals surface area contributed by atoms with Gasteiger partial charge in [-0.05, 0) is 47.9 Å². The Morgan fingerprint density at radius 3 is 2.81 bits per heavy atom. The molecule has 2 aromatic rings. The van der Waals surface area contributed by atoms with E-state index in [-0.39, 0.29) is 5.91 Å². The van der Waals surface area contributed by atoms with Gasteiger partial charge in [-0.15, -0.1) is 0 Å². The first-order valence-electron chi connectivity index (χ1n) is 7.61. The minimum atomic E-state index is 0.172. The Morgan fingerprint density at radius 1 is 1.38 bits per heavy atom. The van der Waals surface area contributed by atoms with Gasteiger partial charge in [0.2, 0.25) is 0 Å². The normalized spacial score (nSPS) is 26.7. The summed E-state index contributed by atoms with van der Waals surface area (Å²) in [5.74, 6) is 0.918. The van der Waals surface area contributed by atoms with Crippen molar-refractivity contribution in [1.29, 1.82) is 0 Å². The summed E-state index contributed by atoms with van der Waals surface area (Å²) in [4.78, 5) is 14.6. The Morgan fingerprint density at radius 2 is 2.19 bits per heavy atom. The van der Waals surface area contributed by atoms with Crippen LogP contribution in [-0.4, -0.2) is 34.1 Å². The number of benzene rings is 1. The zero-order valence-corrected chi connectivity index (χ0v) is 12.2. The standard InChI is InChI=1S/C17H19N3O/c1-2-17-9-14(17)10-20(11-17)16(21)13-5-3-12(4-6-13)15-7-8-18-19-15/h3-8,14H,2,9-11H2,1H3,(H,18,19). The average Bonchev–Trinajstić information content (AvgIpc) is 2.93. The highest BCUT2D eigenvalue weighted by atomic mass is 16.2. The lowest BCUT2D eigenvalue weighted by molar-refractivity contribution is 0.0764. The molecule has 1 aromatic heterocycles. The summed E-state index contributed by atoms with van der Waals surface area (Å²) in [6, 6.07) is 9.72. The van der Waals surface area contributed by atoms with Crippen LogP contribution in [0.15, 0.2) is 36.5 Å². The number of fused-ring (bicyclic) bond motifs is 1. The van der Waals surface area contributed by atoms with Crippen molar-refractivity contribution < 1.29 is 4.79 Å². The zero-order chi connectivity index (χ0) is 14.4. The van der Waals surface area contributed by atoms with Crippen molar-refractivity contribution in [2.75, 3.05) is 13.1 Å². The molecular formula is C17H19N3O. The second-order valence-corrected chi connectivity index (χ2v) is 6.35. The number of aromatic amines is 1. The van der Waals surface area contributed by atoms with Gasteiger partial charge in [-0.1, -0.05) is 19.1 Å². The molecule has 4 nitrogen and oxygen atoms in total. The van der Waals surface area contributed by atoms with Crippen LogP contribution in [0.25, 0.3) is 11.3 Å². The van der Waals surface area contributed by atoms with Gasteiger partial charge in [-0.25, -0.2) is 0 Å². The maximum absolute atomic E-state index is 12.6. The molecule has 0 bridgehead atoms. The van der Waals surface area contributed by atoms with Gasteiger partial charge in [-0.2, -0.15) is 5.10 Å². The molecule has 2 heterocycles. The highest BCUT2D eigenvalue weighted by Gasteiger charge is 2.59. The monoisotopic (exact) mass is 281 g/mol. The van der Waals surface area contributed by atoms with E-state index < -0.39 is 0 Å². The van der Waals surface area contributed by atoms with Gasteiger partial charge in [-0.3, -0.25) is 9.89 Å². The van der Waals surface area contributed by atoms with Gasteiger partial charge in [0.05, 0.1) is 5.69 Å². The molecule has 1 aliphatic heterocycles. The number of nitrogens with one attached hydrogen (secondary N) is 1. The number of nitrogens with zero attached hydrogens (tertiary/aromatic N) is 2. The lowest BCUT2D eigenvalue weighted by Crippen LogP contribution is -2.31. The summed E-state index contributed by atoms with van der Waals surface area (Å²) >= 11 is 0. The summed E-state index contributed by atoms with van der Waals surface area (Å²) in [5, 5.41) is 6.89. The van der Waals surface area contributed by atoms with Crippen LogP contribution in [0.1, 0.15) is 30.1 Å². The van der Waals surface area contributed by atoms with Crippen molar-refractivity contribution >= 4 is 5.91 Å². The molecule has 2 fully saturated rings. The number of hydrogen-bond acceptors (Lipinski definition) is 2. The van der Waals surface area contributed by atoms with Crippen LogP contribution in [0.3, 0.4) is 0 Å². The van der Waals surface area contributed by atoms with E-state index in [1.165, 1.54) is 12.8 Å². The molecule has 1 saturated heterocycles. The lowest BCUT2D eigenvalue weighted by atomic mass is 10.0. The molecule has 1 saturated carbocycles. The number of carbonyl (C=O) groups is 1. The minimum absolute atomic E-state index is 0.172. The number of aromatic nitrogens is 2. The van der Waals surface area contributed by atoms with Crippen LogP contribution < -0.4 is 0 Å². The van der Waals surface area contributed by atoms with Gasteiger partial charge < -0.3 is 4.90 Å². The van der Waals surface area contributed by atoms with Crippen LogP contribution in [-0.2, 0) is 0 Å². The molecule has 1 N–H and O–H groups in total. The fraction of sp³-hybridized carbons (Fsp3) is 0.412. The first-order valence-corrected chi connectivity index (χ1v) is 7.61. The number of carbonyl (C=O) groups excluding carboxylic acids is 1. The molecule has 1 amide bonds. The van der Waals surface area contributed by atoms with Crippen molar-refractivity contribution in [2.24, 2.45) is 11.3 Å². The first kappa shape index (κ1) is 12.6. The Labute approximate surface area is 124 Å². The van der Waals surface area contributed by atoms with E-state index in [2.05, 4.69) is 17.1 Å². The van der Waals surface area contributed by atoms with Crippen LogP contribution in [0.5, 0.6) is 0 Å². The lowest BCUT2D eigenvalue weighted by Gasteiger charge is -2.20. The molecule has 0 spiro atoms. The topological polar surface area (TPSA) is 49.0 Å². The number of rotatable bonds is 3. The number of amides is 1. The molecular weight excluding hydrogens is 262 g/mol. The van der Waals surface area contributed by atoms with Crippen LogP contribution in [0, 0.1) is 11.3 Å². The van der Waals surface area contributed by atoms with Crippen LogP contribution in [0.4, 0.5) is 0 Å². The van der Waals surface area contributed by atoms with Crippen molar-refractivity contribution in [3.8, 4) is 11.3 Å². The second-order valence-electron chi connectivity index (χ2n) is 6.35. The maximum atomic E-state index is 12.6. The van der Waals surface area contributed by atoms with E-state index in [4.69, 9.17) is 0 Å². The Balaban J connectivity index is 1.51. The fourth-order valence-electron chi connectivity index (χ4n) is 3.69. The number of piperidine rings is 1. The summed E-state index contributed by atoms with van der Waals surface area (Å²) in [6.45, 7) is 4.12. The van der Waals surface area contributed by atoms with E-state index in [0.29, 0.717) is 5.41 Å². The third-order valence-electron chi connectivity index (χ3n) is 5.24. The number of H-pyrrole nitrogens is 1. The van der Waals surface area contributed by atoms with Crippen molar-refractivity contribution in [2.45, 2.75) is 19.8 Å². The SMILES string of the molecule is CCC12CC1CN(C(=O)c1ccc(-c3ccn[nH]3)cc1)C2. The predicted octanol–water partition coefficient (Wildman–Crippen LogP) is 2.95. The highest BCUT2D eigenvalue weighted by molar-refractivity contribution is 5.95. The molecule has 2 unspecified atom stereocenters. The second kappa shape index (κ2) is 4.45. The number of hydrogen-bond donors (Lipinski definition) is 1. The van der Waals surface area contributed by atoms with Crippen molar-refractivity contribution in [3.05, 3.63) is 42.1 Å². The van der Waals surface area contributed by atoms with Crippen molar-refractivity contribution in [1.82, 2.24) is 15.1 Å². The van der Waals surface area contributed by atoms with Gasteiger partial charge >= 0.3 is 0 Å². The average molecular weight is 281 g/mol. The summed E-state index contributed by atoms with van der Waals surface area (Å²) in [5.41, 5.74) is 3.26. The van der Waals surface area contributed by atoms with Gasteiger partial charge in [0.25, 0.3) is 5.91 Å². The zero-order valence-electron chi connectivity index (χ0n) is 12.2. The maximum Gasteiger partial charge on any atom is 0.253 e. The van der Waals surface area contributed by atoms with E-state index in [1.807, 2.05) is 35.2 Å². The van der Waals surface area contributed by atoms with Gasteiger partial charge in [0.1, 0.15) is 0 Å². The summed E-state index contributed by atoms with van der Waals surface area (Å²) in [6.07, 6.45) is 4.24. The smallest absolute Gasteiger partial charge is 0.253 e. The van der Waals surface area contributed by atoms with E-state index >= 15 is 0 Å².